The van der Waals surface area contributed by atoms with Gasteiger partial charge >= 0.3 is 0 Å². The van der Waals surface area contributed by atoms with Gasteiger partial charge in [0.1, 0.15) is 5.75 Å². The van der Waals surface area contributed by atoms with Crippen molar-refractivity contribution < 1.29 is 10.2 Å². The van der Waals surface area contributed by atoms with Crippen LogP contribution in [0.3, 0.4) is 0 Å². The van der Waals surface area contributed by atoms with Crippen molar-refractivity contribution in [2.45, 2.75) is 57.5 Å². The second-order valence-electron chi connectivity index (χ2n) is 7.44. The van der Waals surface area contributed by atoms with Gasteiger partial charge in [0.25, 0.3) is 0 Å². The van der Waals surface area contributed by atoms with Crippen molar-refractivity contribution in [3.05, 3.63) is 29.3 Å². The van der Waals surface area contributed by atoms with Gasteiger partial charge in [-0.3, -0.25) is 0 Å². The van der Waals surface area contributed by atoms with Crippen LogP contribution in [0.4, 0.5) is 0 Å². The lowest BCUT2D eigenvalue weighted by atomic mass is 9.55. The number of phenols is 1. The number of terminal acetylenes is 1. The third-order valence-electron chi connectivity index (χ3n) is 6.66. The number of fused-ring (bicyclic) bond motifs is 5. The standard InChI is InChI=1S/C18H24O2.C2H2/c1-18-9-8-14-13-5-3-12(19)10-11(13)2-4-15(14)16(18)6-7-17(18)20;1-2/h3,5,10,14-17,19-20H,2,4,6-9H2,1H3;1-2H/t14-,15-,16+,17?,18+;/m1./s1. The van der Waals surface area contributed by atoms with Crippen LogP contribution in [-0.2, 0) is 6.42 Å². The second-order valence-corrected chi connectivity index (χ2v) is 7.44. The predicted octanol–water partition coefficient (Wildman–Crippen LogP) is 3.86. The van der Waals surface area contributed by atoms with Crippen LogP contribution in [0.2, 0.25) is 0 Å². The zero-order chi connectivity index (χ0) is 15.9. The molecule has 1 aromatic carbocycles. The molecule has 2 saturated carbocycles. The highest BCUT2D eigenvalue weighted by Crippen LogP contribution is 2.60. The molecular formula is C20H26O2. The molecule has 2 nitrogen and oxygen atoms in total. The van der Waals surface area contributed by atoms with Gasteiger partial charge in [0.2, 0.25) is 0 Å². The van der Waals surface area contributed by atoms with Crippen LogP contribution >= 0.6 is 0 Å². The largest absolute Gasteiger partial charge is 0.508 e. The van der Waals surface area contributed by atoms with Gasteiger partial charge < -0.3 is 10.2 Å². The third kappa shape index (κ3) is 2.15. The van der Waals surface area contributed by atoms with E-state index in [0.29, 0.717) is 17.6 Å². The summed E-state index contributed by atoms with van der Waals surface area (Å²) in [7, 11) is 0. The Morgan fingerprint density at radius 2 is 1.91 bits per heavy atom. The zero-order valence-corrected chi connectivity index (χ0v) is 13.3. The maximum absolute atomic E-state index is 10.4. The maximum atomic E-state index is 10.4. The number of aromatic hydroxyl groups is 1. The van der Waals surface area contributed by atoms with Crippen LogP contribution in [0.25, 0.3) is 0 Å². The van der Waals surface area contributed by atoms with Gasteiger partial charge in [-0.25, -0.2) is 0 Å². The number of aryl methyl sites for hydroxylation is 1. The van der Waals surface area contributed by atoms with Crippen LogP contribution in [-0.4, -0.2) is 16.3 Å². The van der Waals surface area contributed by atoms with Crippen LogP contribution in [0.1, 0.15) is 56.1 Å². The van der Waals surface area contributed by atoms with Crippen molar-refractivity contribution >= 4 is 0 Å². The molecule has 0 bridgehead atoms. The Kier molecular flexibility index (Phi) is 3.95. The molecule has 3 aliphatic carbocycles. The summed E-state index contributed by atoms with van der Waals surface area (Å²) in [5.41, 5.74) is 2.99. The average molecular weight is 298 g/mol. The van der Waals surface area contributed by atoms with Crippen LogP contribution in [0.5, 0.6) is 5.75 Å². The lowest BCUT2D eigenvalue weighted by Gasteiger charge is -2.50. The minimum absolute atomic E-state index is 0.0883. The summed E-state index contributed by atoms with van der Waals surface area (Å²) in [4.78, 5) is 0. The number of benzene rings is 1. The van der Waals surface area contributed by atoms with Gasteiger partial charge in [-0.15, -0.1) is 12.8 Å². The normalized spacial score (nSPS) is 38.9. The first kappa shape index (κ1) is 15.4. The zero-order valence-electron chi connectivity index (χ0n) is 13.3. The van der Waals surface area contributed by atoms with Crippen LogP contribution < -0.4 is 0 Å². The van der Waals surface area contributed by atoms with Gasteiger partial charge in [0.05, 0.1) is 6.10 Å². The Morgan fingerprint density at radius 3 is 2.68 bits per heavy atom. The SMILES string of the molecule is C#C.C[C@]12CC[C@@H]3c4ccc(O)cc4CC[C@H]3[C@@H]1CCC2O. The minimum Gasteiger partial charge on any atom is -0.508 e. The number of rotatable bonds is 0. The summed E-state index contributed by atoms with van der Waals surface area (Å²) in [5.74, 6) is 2.49. The van der Waals surface area contributed by atoms with Crippen molar-refractivity contribution in [3.63, 3.8) is 0 Å². The molecule has 4 rings (SSSR count). The summed E-state index contributed by atoms with van der Waals surface area (Å²) in [6.45, 7) is 2.32. The highest BCUT2D eigenvalue weighted by molar-refractivity contribution is 5.40. The molecule has 0 aromatic heterocycles. The Hall–Kier alpha value is -1.46. The first-order valence-corrected chi connectivity index (χ1v) is 8.43. The molecule has 0 amide bonds. The molecule has 0 aliphatic heterocycles. The van der Waals surface area contributed by atoms with Gasteiger partial charge in [0.15, 0.2) is 0 Å². The molecule has 118 valence electrons. The summed E-state index contributed by atoms with van der Waals surface area (Å²) in [5, 5.41) is 20.0. The molecule has 0 saturated heterocycles. The van der Waals surface area contributed by atoms with Crippen molar-refractivity contribution in [2.24, 2.45) is 17.3 Å². The molecule has 2 fully saturated rings. The van der Waals surface area contributed by atoms with E-state index in [1.54, 1.807) is 0 Å². The smallest absolute Gasteiger partial charge is 0.115 e. The van der Waals surface area contributed by atoms with Crippen molar-refractivity contribution in [2.75, 3.05) is 0 Å². The molecular weight excluding hydrogens is 272 g/mol. The first-order valence-electron chi connectivity index (χ1n) is 8.43. The summed E-state index contributed by atoms with van der Waals surface area (Å²) in [6.07, 6.45) is 14.8. The van der Waals surface area contributed by atoms with Gasteiger partial charge in [-0.1, -0.05) is 13.0 Å². The van der Waals surface area contributed by atoms with Gasteiger partial charge in [0, 0.05) is 0 Å². The van der Waals surface area contributed by atoms with E-state index in [0.717, 1.165) is 25.2 Å². The number of aliphatic hydroxyl groups excluding tert-OH is 1. The molecule has 3 aliphatic rings. The maximum Gasteiger partial charge on any atom is 0.115 e. The van der Waals surface area contributed by atoms with E-state index in [9.17, 15) is 10.2 Å². The fourth-order valence-electron chi connectivity index (χ4n) is 5.54. The molecule has 0 heterocycles. The fraction of sp³-hybridized carbons (Fsp3) is 0.600. The molecule has 5 atom stereocenters. The third-order valence-corrected chi connectivity index (χ3v) is 6.66. The fourth-order valence-corrected chi connectivity index (χ4v) is 5.54. The number of hydrogen-bond acceptors (Lipinski definition) is 2. The summed E-state index contributed by atoms with van der Waals surface area (Å²) >= 11 is 0. The first-order chi connectivity index (χ1) is 10.6. The van der Waals surface area contributed by atoms with Gasteiger partial charge in [-0.2, -0.15) is 0 Å². The summed E-state index contributed by atoms with van der Waals surface area (Å²) < 4.78 is 0. The molecule has 2 heteroatoms. The molecule has 2 N–H and O–H groups in total. The van der Waals surface area contributed by atoms with E-state index in [-0.39, 0.29) is 11.5 Å². The predicted molar refractivity (Wildman–Crippen MR) is 88.6 cm³/mol. The number of aliphatic hydroxyl groups is 1. The van der Waals surface area contributed by atoms with E-state index in [1.807, 2.05) is 12.1 Å². The molecule has 1 unspecified atom stereocenters. The van der Waals surface area contributed by atoms with E-state index in [2.05, 4.69) is 25.8 Å². The lowest BCUT2D eigenvalue weighted by Crippen LogP contribution is -2.43. The molecule has 0 spiro atoms. The summed E-state index contributed by atoms with van der Waals surface area (Å²) in [6, 6.07) is 5.96. The Labute approximate surface area is 133 Å². The average Bonchev–Trinajstić information content (AvgIpc) is 2.84. The van der Waals surface area contributed by atoms with E-state index >= 15 is 0 Å². The highest BCUT2D eigenvalue weighted by Gasteiger charge is 2.54. The Balaban J connectivity index is 0.000000693. The highest BCUT2D eigenvalue weighted by atomic mass is 16.3. The van der Waals surface area contributed by atoms with Crippen LogP contribution in [0, 0.1) is 30.1 Å². The second kappa shape index (κ2) is 5.63. The van der Waals surface area contributed by atoms with Crippen molar-refractivity contribution in [1.29, 1.82) is 0 Å². The lowest BCUT2D eigenvalue weighted by molar-refractivity contribution is -0.0226. The van der Waals surface area contributed by atoms with Crippen molar-refractivity contribution in [3.8, 4) is 18.6 Å². The van der Waals surface area contributed by atoms with E-state index in [4.69, 9.17) is 0 Å². The monoisotopic (exact) mass is 298 g/mol. The molecule has 1 aromatic rings. The minimum atomic E-state index is -0.0883. The van der Waals surface area contributed by atoms with Crippen molar-refractivity contribution in [1.82, 2.24) is 0 Å². The molecule has 22 heavy (non-hydrogen) atoms. The quantitative estimate of drug-likeness (QED) is 0.714. The Morgan fingerprint density at radius 1 is 1.14 bits per heavy atom. The van der Waals surface area contributed by atoms with Gasteiger partial charge in [-0.05, 0) is 85.0 Å². The van der Waals surface area contributed by atoms with E-state index in [1.165, 1.54) is 30.4 Å². The molecule has 0 radical (unpaired) electrons. The van der Waals surface area contributed by atoms with Crippen LogP contribution in [0.15, 0.2) is 18.2 Å². The topological polar surface area (TPSA) is 40.5 Å². The number of phenolic OH excluding ortho intramolecular Hbond substituents is 1. The van der Waals surface area contributed by atoms with E-state index < -0.39 is 0 Å². The number of hydrogen-bond donors (Lipinski definition) is 2. The Bertz CT molecular complexity index is 576.